The summed E-state index contributed by atoms with van der Waals surface area (Å²) in [5.74, 6) is -1.48. The Morgan fingerprint density at radius 3 is 2.33 bits per heavy atom. The number of ether oxygens (including phenoxy) is 1. The average molecular weight is 447 g/mol. The van der Waals surface area contributed by atoms with Gasteiger partial charge in [-0.3, -0.25) is 0 Å². The minimum atomic E-state index is -1.23. The zero-order valence-electron chi connectivity index (χ0n) is 9.47. The molecule has 0 fully saturated rings. The second-order valence-electron chi connectivity index (χ2n) is 3.50. The summed E-state index contributed by atoms with van der Waals surface area (Å²) in [6.45, 7) is 2.42. The molecule has 0 aromatic heterocycles. The van der Waals surface area contributed by atoms with Gasteiger partial charge in [-0.1, -0.05) is 13.3 Å². The quantitative estimate of drug-likeness (QED) is 0.514. The maximum atomic E-state index is 11.1. The van der Waals surface area contributed by atoms with E-state index in [0.717, 1.165) is 12.8 Å². The summed E-state index contributed by atoms with van der Waals surface area (Å²) in [5.41, 5.74) is -0.225. The number of carboxylic acid groups (broad SMARTS) is 1. The fourth-order valence-electron chi connectivity index (χ4n) is 1.27. The topological polar surface area (TPSA) is 66.8 Å². The standard InChI is InChI=1S/C11H11Br3O4/c1-2-3-4-18-10-8(14)7(13)6(12)5(9(10)15)11(16)17/h15H,2-4H2,1H3,(H,16,17). The van der Waals surface area contributed by atoms with Crippen LogP contribution in [0.25, 0.3) is 0 Å². The third-order valence-electron chi connectivity index (χ3n) is 2.21. The molecule has 100 valence electrons. The molecule has 0 saturated heterocycles. The SMILES string of the molecule is CCCCOc1c(O)c(C(=O)O)c(Br)c(Br)c1Br. The van der Waals surface area contributed by atoms with Crippen LogP contribution >= 0.6 is 47.8 Å². The van der Waals surface area contributed by atoms with Gasteiger partial charge < -0.3 is 14.9 Å². The highest BCUT2D eigenvalue weighted by Crippen LogP contribution is 2.47. The van der Waals surface area contributed by atoms with Gasteiger partial charge in [0, 0.05) is 0 Å². The van der Waals surface area contributed by atoms with Crippen molar-refractivity contribution in [3.8, 4) is 11.5 Å². The molecular weight excluding hydrogens is 436 g/mol. The largest absolute Gasteiger partial charge is 0.504 e. The summed E-state index contributed by atoms with van der Waals surface area (Å²) in [7, 11) is 0. The third-order valence-corrected chi connectivity index (χ3v) is 5.62. The maximum Gasteiger partial charge on any atom is 0.340 e. The van der Waals surface area contributed by atoms with Gasteiger partial charge in [-0.15, -0.1) is 0 Å². The number of carboxylic acids is 1. The van der Waals surface area contributed by atoms with Gasteiger partial charge in [-0.05, 0) is 54.2 Å². The Bertz CT molecular complexity index is 474. The number of carbonyl (C=O) groups is 1. The van der Waals surface area contributed by atoms with Crippen LogP contribution in [0, 0.1) is 0 Å². The van der Waals surface area contributed by atoms with Crippen molar-refractivity contribution in [2.45, 2.75) is 19.8 Å². The lowest BCUT2D eigenvalue weighted by molar-refractivity contribution is 0.0691. The first kappa shape index (κ1) is 15.8. The minimum absolute atomic E-state index is 0.135. The summed E-state index contributed by atoms with van der Waals surface area (Å²) < 4.78 is 6.66. The van der Waals surface area contributed by atoms with Crippen LogP contribution < -0.4 is 4.74 Å². The van der Waals surface area contributed by atoms with Crippen molar-refractivity contribution in [3.05, 3.63) is 19.0 Å². The number of halogens is 3. The molecule has 2 N–H and O–H groups in total. The summed E-state index contributed by atoms with van der Waals surface area (Å²) >= 11 is 9.63. The maximum absolute atomic E-state index is 11.1. The van der Waals surface area contributed by atoms with E-state index in [1.54, 1.807) is 0 Å². The lowest BCUT2D eigenvalue weighted by atomic mass is 10.2. The van der Waals surface area contributed by atoms with Crippen molar-refractivity contribution in [2.24, 2.45) is 0 Å². The number of rotatable bonds is 5. The molecule has 0 aliphatic rings. The molecule has 0 atom stereocenters. The van der Waals surface area contributed by atoms with E-state index in [9.17, 15) is 9.90 Å². The van der Waals surface area contributed by atoms with Crippen molar-refractivity contribution < 1.29 is 19.7 Å². The number of hydrogen-bond acceptors (Lipinski definition) is 3. The predicted octanol–water partition coefficient (Wildman–Crippen LogP) is 4.56. The van der Waals surface area contributed by atoms with Crippen LogP contribution in [-0.2, 0) is 0 Å². The zero-order chi connectivity index (χ0) is 13.9. The second kappa shape index (κ2) is 6.77. The number of aromatic carboxylic acids is 1. The highest BCUT2D eigenvalue weighted by molar-refractivity contribution is 9.14. The van der Waals surface area contributed by atoms with Crippen LogP contribution in [0.1, 0.15) is 30.1 Å². The van der Waals surface area contributed by atoms with Crippen molar-refractivity contribution >= 4 is 53.8 Å². The fourth-order valence-corrected chi connectivity index (χ4v) is 2.97. The number of aromatic hydroxyl groups is 1. The highest BCUT2D eigenvalue weighted by atomic mass is 79.9. The molecule has 0 aliphatic heterocycles. The lowest BCUT2D eigenvalue weighted by Crippen LogP contribution is -2.04. The summed E-state index contributed by atoms with van der Waals surface area (Å²) in [4.78, 5) is 11.1. The molecule has 0 radical (unpaired) electrons. The molecule has 0 heterocycles. The van der Waals surface area contributed by atoms with Gasteiger partial charge in [-0.25, -0.2) is 4.79 Å². The van der Waals surface area contributed by atoms with Gasteiger partial charge in [0.25, 0.3) is 0 Å². The van der Waals surface area contributed by atoms with Crippen LogP contribution in [0.3, 0.4) is 0 Å². The van der Waals surface area contributed by atoms with E-state index >= 15 is 0 Å². The monoisotopic (exact) mass is 444 g/mol. The number of hydrogen-bond donors (Lipinski definition) is 2. The first-order chi connectivity index (χ1) is 8.41. The van der Waals surface area contributed by atoms with Gasteiger partial charge >= 0.3 is 5.97 Å². The van der Waals surface area contributed by atoms with Crippen molar-refractivity contribution in [2.75, 3.05) is 6.61 Å². The minimum Gasteiger partial charge on any atom is -0.504 e. The molecule has 0 spiro atoms. The van der Waals surface area contributed by atoms with E-state index in [-0.39, 0.29) is 21.5 Å². The molecule has 1 aromatic carbocycles. The molecule has 0 saturated carbocycles. The van der Waals surface area contributed by atoms with Crippen molar-refractivity contribution in [1.82, 2.24) is 0 Å². The van der Waals surface area contributed by atoms with Gasteiger partial charge in [0.05, 0.1) is 20.0 Å². The second-order valence-corrected chi connectivity index (χ2v) is 5.88. The first-order valence-electron chi connectivity index (χ1n) is 5.17. The van der Waals surface area contributed by atoms with E-state index in [1.807, 2.05) is 6.92 Å². The van der Waals surface area contributed by atoms with E-state index in [4.69, 9.17) is 9.84 Å². The Labute approximate surface area is 130 Å². The van der Waals surface area contributed by atoms with Crippen LogP contribution in [0.4, 0.5) is 0 Å². The Kier molecular flexibility index (Phi) is 5.94. The third kappa shape index (κ3) is 3.19. The van der Waals surface area contributed by atoms with E-state index < -0.39 is 5.97 Å². The molecule has 0 unspecified atom stereocenters. The molecule has 0 bridgehead atoms. The fraction of sp³-hybridized carbons (Fsp3) is 0.364. The Balaban J connectivity index is 3.29. The molecule has 0 amide bonds. The first-order valence-corrected chi connectivity index (χ1v) is 7.55. The number of phenols is 1. The smallest absolute Gasteiger partial charge is 0.340 e. The van der Waals surface area contributed by atoms with Gasteiger partial charge in [0.1, 0.15) is 5.56 Å². The van der Waals surface area contributed by atoms with E-state index in [0.29, 0.717) is 15.6 Å². The Morgan fingerprint density at radius 2 is 1.83 bits per heavy atom. The molecule has 4 nitrogen and oxygen atoms in total. The van der Waals surface area contributed by atoms with Crippen molar-refractivity contribution in [3.63, 3.8) is 0 Å². The highest BCUT2D eigenvalue weighted by Gasteiger charge is 2.25. The predicted molar refractivity (Wildman–Crippen MR) is 78.6 cm³/mol. The molecule has 7 heteroatoms. The van der Waals surface area contributed by atoms with E-state index in [2.05, 4.69) is 47.8 Å². The summed E-state index contributed by atoms with van der Waals surface area (Å²) in [6, 6.07) is 0. The molecular formula is C11H11Br3O4. The number of unbranched alkanes of at least 4 members (excludes halogenated alkanes) is 1. The normalized spacial score (nSPS) is 10.4. The van der Waals surface area contributed by atoms with Crippen LogP contribution in [0.2, 0.25) is 0 Å². The Morgan fingerprint density at radius 1 is 1.22 bits per heavy atom. The van der Waals surface area contributed by atoms with E-state index in [1.165, 1.54) is 0 Å². The summed E-state index contributed by atoms with van der Waals surface area (Å²) in [6.07, 6.45) is 1.77. The van der Waals surface area contributed by atoms with Crippen LogP contribution in [-0.4, -0.2) is 22.8 Å². The zero-order valence-corrected chi connectivity index (χ0v) is 14.2. The van der Waals surface area contributed by atoms with Crippen LogP contribution in [0.15, 0.2) is 13.4 Å². The van der Waals surface area contributed by atoms with Crippen molar-refractivity contribution in [1.29, 1.82) is 0 Å². The molecule has 1 aromatic rings. The van der Waals surface area contributed by atoms with Gasteiger partial charge in [-0.2, -0.15) is 0 Å². The van der Waals surface area contributed by atoms with Gasteiger partial charge in [0.2, 0.25) is 0 Å². The number of benzene rings is 1. The Hall–Kier alpha value is -0.270. The molecule has 18 heavy (non-hydrogen) atoms. The molecule has 0 aliphatic carbocycles. The summed E-state index contributed by atoms with van der Waals surface area (Å²) in [5, 5.41) is 19.0. The average Bonchev–Trinajstić information content (AvgIpc) is 2.30. The lowest BCUT2D eigenvalue weighted by Gasteiger charge is -2.14. The molecule has 1 rings (SSSR count). The van der Waals surface area contributed by atoms with Crippen LogP contribution in [0.5, 0.6) is 11.5 Å². The van der Waals surface area contributed by atoms with Gasteiger partial charge in [0.15, 0.2) is 11.5 Å².